The summed E-state index contributed by atoms with van der Waals surface area (Å²) in [4.78, 5) is 24.5. The topological polar surface area (TPSA) is 58.6 Å². The van der Waals surface area contributed by atoms with Crippen LogP contribution in [0.3, 0.4) is 0 Å². The molecule has 0 radical (unpaired) electrons. The smallest absolute Gasteiger partial charge is 0.328 e. The molecule has 5 heteroatoms. The van der Waals surface area contributed by atoms with E-state index in [4.69, 9.17) is 4.74 Å². The lowest BCUT2D eigenvalue weighted by Gasteiger charge is -2.10. The number of nitrogens with zero attached hydrogens (tertiary/aromatic N) is 1. The third-order valence-electron chi connectivity index (χ3n) is 3.82. The van der Waals surface area contributed by atoms with Crippen LogP contribution in [-0.2, 0) is 11.4 Å². The number of aryl methyl sites for hydroxylation is 1. The third kappa shape index (κ3) is 3.30. The van der Waals surface area contributed by atoms with Crippen LogP contribution >= 0.6 is 0 Å². The van der Waals surface area contributed by atoms with Crippen LogP contribution in [0.1, 0.15) is 16.7 Å². The molecular weight excluding hydrogens is 304 g/mol. The number of benzene rings is 2. The first-order valence-electron chi connectivity index (χ1n) is 7.63. The average molecular weight is 322 g/mol. The van der Waals surface area contributed by atoms with Crippen molar-refractivity contribution >= 4 is 18.0 Å². The molecule has 1 aliphatic rings. The van der Waals surface area contributed by atoms with Gasteiger partial charge >= 0.3 is 6.03 Å². The number of likely N-dealkylation sites (N-methyl/N-ethyl adjacent to an activating group) is 1. The largest absolute Gasteiger partial charge is 0.488 e. The summed E-state index contributed by atoms with van der Waals surface area (Å²) in [6.07, 6.45) is 1.63. The molecule has 3 amide bonds. The molecule has 1 saturated heterocycles. The van der Waals surface area contributed by atoms with Crippen molar-refractivity contribution in [3.8, 4) is 5.75 Å². The van der Waals surface area contributed by atoms with Crippen molar-refractivity contribution in [2.24, 2.45) is 0 Å². The predicted molar refractivity (Wildman–Crippen MR) is 91.2 cm³/mol. The van der Waals surface area contributed by atoms with Crippen LogP contribution in [0.25, 0.3) is 6.08 Å². The average Bonchev–Trinajstić information content (AvgIpc) is 2.82. The molecule has 24 heavy (non-hydrogen) atoms. The molecule has 0 bridgehead atoms. The minimum absolute atomic E-state index is 0.244. The maximum Gasteiger partial charge on any atom is 0.328 e. The molecule has 0 atom stereocenters. The molecule has 0 spiro atoms. The molecule has 1 heterocycles. The Bertz CT molecular complexity index is 810. The van der Waals surface area contributed by atoms with E-state index in [9.17, 15) is 9.59 Å². The standard InChI is InChI=1S/C19H18N2O3/c1-13-7-9-14(10-8-13)12-24-17-6-4-3-5-15(17)11-16-18(22)21(2)19(23)20-16/h3-11H,12H2,1-2H3,(H,20,23)/b16-11+. The monoisotopic (exact) mass is 322 g/mol. The first kappa shape index (κ1) is 15.8. The summed E-state index contributed by atoms with van der Waals surface area (Å²) in [5.41, 5.74) is 3.24. The van der Waals surface area contributed by atoms with Crippen LogP contribution in [-0.4, -0.2) is 23.9 Å². The van der Waals surface area contributed by atoms with Gasteiger partial charge in [0.2, 0.25) is 0 Å². The number of nitrogens with one attached hydrogen (secondary N) is 1. The van der Waals surface area contributed by atoms with Gasteiger partial charge in [-0.2, -0.15) is 0 Å². The van der Waals surface area contributed by atoms with Crippen LogP contribution in [0.5, 0.6) is 5.75 Å². The normalized spacial score (nSPS) is 15.8. The SMILES string of the molecule is Cc1ccc(COc2ccccc2/C=C2/NC(=O)N(C)C2=O)cc1. The fraction of sp³-hybridized carbons (Fsp3) is 0.158. The van der Waals surface area contributed by atoms with Gasteiger partial charge in [-0.15, -0.1) is 0 Å². The molecule has 5 nitrogen and oxygen atoms in total. The van der Waals surface area contributed by atoms with Gasteiger partial charge in [0.25, 0.3) is 5.91 Å². The summed E-state index contributed by atoms with van der Waals surface area (Å²) < 4.78 is 5.88. The van der Waals surface area contributed by atoms with Gasteiger partial charge in [0, 0.05) is 12.6 Å². The number of para-hydroxylation sites is 1. The van der Waals surface area contributed by atoms with Crippen molar-refractivity contribution in [3.63, 3.8) is 0 Å². The van der Waals surface area contributed by atoms with Gasteiger partial charge in [-0.3, -0.25) is 9.69 Å². The second-order valence-electron chi connectivity index (χ2n) is 5.66. The highest BCUT2D eigenvalue weighted by molar-refractivity contribution is 6.13. The molecule has 3 rings (SSSR count). The maximum atomic E-state index is 12.0. The lowest BCUT2D eigenvalue weighted by atomic mass is 10.1. The number of rotatable bonds is 4. The molecule has 2 aromatic carbocycles. The van der Waals surface area contributed by atoms with Gasteiger partial charge in [-0.25, -0.2) is 4.79 Å². The minimum atomic E-state index is -0.427. The lowest BCUT2D eigenvalue weighted by molar-refractivity contribution is -0.121. The Morgan fingerprint density at radius 1 is 1.08 bits per heavy atom. The highest BCUT2D eigenvalue weighted by Crippen LogP contribution is 2.23. The Morgan fingerprint density at radius 3 is 2.46 bits per heavy atom. The molecule has 1 N–H and O–H groups in total. The number of amides is 3. The molecular formula is C19H18N2O3. The predicted octanol–water partition coefficient (Wildman–Crippen LogP) is 3.10. The summed E-state index contributed by atoms with van der Waals surface area (Å²) >= 11 is 0. The van der Waals surface area contributed by atoms with Crippen molar-refractivity contribution in [1.82, 2.24) is 10.2 Å². The van der Waals surface area contributed by atoms with Crippen LogP contribution in [0.4, 0.5) is 4.79 Å². The van der Waals surface area contributed by atoms with Crippen molar-refractivity contribution in [2.75, 3.05) is 7.05 Å². The number of hydrogen-bond acceptors (Lipinski definition) is 3. The zero-order valence-electron chi connectivity index (χ0n) is 13.6. The van der Waals surface area contributed by atoms with Gasteiger partial charge in [-0.05, 0) is 24.6 Å². The van der Waals surface area contributed by atoms with Gasteiger partial charge < -0.3 is 10.1 Å². The molecule has 1 aliphatic heterocycles. The summed E-state index contributed by atoms with van der Waals surface area (Å²) in [7, 11) is 1.44. The number of carbonyl (C=O) groups excluding carboxylic acids is 2. The van der Waals surface area contributed by atoms with E-state index in [1.807, 2.05) is 55.5 Å². The molecule has 0 saturated carbocycles. The molecule has 2 aromatic rings. The number of carbonyl (C=O) groups is 2. The van der Waals surface area contributed by atoms with E-state index in [0.29, 0.717) is 12.4 Å². The summed E-state index contributed by atoms with van der Waals surface area (Å²) in [6.45, 7) is 2.47. The van der Waals surface area contributed by atoms with Gasteiger partial charge in [0.05, 0.1) is 0 Å². The van der Waals surface area contributed by atoms with Crippen molar-refractivity contribution < 1.29 is 14.3 Å². The summed E-state index contributed by atoms with van der Waals surface area (Å²) in [5.74, 6) is 0.301. The Kier molecular flexibility index (Phi) is 4.33. The second-order valence-corrected chi connectivity index (χ2v) is 5.66. The number of imide groups is 1. The molecule has 0 aliphatic carbocycles. The quantitative estimate of drug-likeness (QED) is 0.695. The van der Waals surface area contributed by atoms with Crippen molar-refractivity contribution in [1.29, 1.82) is 0 Å². The van der Waals surface area contributed by atoms with E-state index in [0.717, 1.165) is 16.0 Å². The van der Waals surface area contributed by atoms with E-state index in [1.165, 1.54) is 12.6 Å². The Morgan fingerprint density at radius 2 is 1.79 bits per heavy atom. The zero-order chi connectivity index (χ0) is 17.1. The number of hydrogen-bond donors (Lipinski definition) is 1. The number of urea groups is 1. The summed E-state index contributed by atoms with van der Waals surface area (Å²) in [6, 6.07) is 15.1. The first-order chi connectivity index (χ1) is 11.5. The van der Waals surface area contributed by atoms with Crippen LogP contribution in [0.2, 0.25) is 0 Å². The minimum Gasteiger partial charge on any atom is -0.488 e. The van der Waals surface area contributed by atoms with Crippen LogP contribution in [0.15, 0.2) is 54.2 Å². The van der Waals surface area contributed by atoms with E-state index >= 15 is 0 Å². The third-order valence-corrected chi connectivity index (χ3v) is 3.82. The Balaban J connectivity index is 1.79. The Labute approximate surface area is 140 Å². The second kappa shape index (κ2) is 6.58. The molecule has 0 aromatic heterocycles. The van der Waals surface area contributed by atoms with Crippen molar-refractivity contribution in [3.05, 3.63) is 70.9 Å². The zero-order valence-corrected chi connectivity index (χ0v) is 13.6. The van der Waals surface area contributed by atoms with Gasteiger partial charge in [0.1, 0.15) is 18.1 Å². The first-order valence-corrected chi connectivity index (χ1v) is 7.63. The van der Waals surface area contributed by atoms with E-state index in [1.54, 1.807) is 6.08 Å². The fourth-order valence-electron chi connectivity index (χ4n) is 2.36. The van der Waals surface area contributed by atoms with Gasteiger partial charge in [0.15, 0.2) is 0 Å². The fourth-order valence-corrected chi connectivity index (χ4v) is 2.36. The molecule has 1 fully saturated rings. The highest BCUT2D eigenvalue weighted by Gasteiger charge is 2.30. The number of ether oxygens (including phenoxy) is 1. The van der Waals surface area contributed by atoms with Crippen LogP contribution < -0.4 is 10.1 Å². The maximum absolute atomic E-state index is 12.0. The van der Waals surface area contributed by atoms with E-state index < -0.39 is 6.03 Å². The van der Waals surface area contributed by atoms with Gasteiger partial charge in [-0.1, -0.05) is 48.0 Å². The lowest BCUT2D eigenvalue weighted by Crippen LogP contribution is -2.25. The Hall–Kier alpha value is -3.08. The molecule has 0 unspecified atom stereocenters. The van der Waals surface area contributed by atoms with E-state index in [-0.39, 0.29) is 11.6 Å². The summed E-state index contributed by atoms with van der Waals surface area (Å²) in [5, 5.41) is 2.55. The highest BCUT2D eigenvalue weighted by atomic mass is 16.5. The molecule has 122 valence electrons. The van der Waals surface area contributed by atoms with Crippen LogP contribution in [0, 0.1) is 6.92 Å². The van der Waals surface area contributed by atoms with E-state index in [2.05, 4.69) is 5.32 Å². The van der Waals surface area contributed by atoms with Crippen molar-refractivity contribution in [2.45, 2.75) is 13.5 Å².